The van der Waals surface area contributed by atoms with Crippen molar-refractivity contribution in [2.45, 2.75) is 132 Å². The number of rotatable bonds is 4. The first-order valence-corrected chi connectivity index (χ1v) is 18.2. The molecule has 0 amide bonds. The number of halogens is 2. The fourth-order valence-corrected chi connectivity index (χ4v) is 5.78. The van der Waals surface area contributed by atoms with Gasteiger partial charge in [-0.2, -0.15) is 9.13 Å². The molecule has 0 N–H and O–H groups in total. The molecule has 266 valence electrons. The van der Waals surface area contributed by atoms with E-state index < -0.39 is 20.5 Å². The molecule has 3 aromatic rings. The van der Waals surface area contributed by atoms with Gasteiger partial charge in [0.1, 0.15) is 11.4 Å². The lowest BCUT2D eigenvalue weighted by molar-refractivity contribution is -2.00. The second kappa shape index (κ2) is 15.3. The highest BCUT2D eigenvalue weighted by molar-refractivity contribution is 7.13. The number of aromatic nitrogens is 4. The zero-order valence-corrected chi connectivity index (χ0v) is 32.3. The molecule has 3 aromatic heterocycles. The summed E-state index contributed by atoms with van der Waals surface area (Å²) in [6.45, 7) is 32.8. The van der Waals surface area contributed by atoms with Crippen LogP contribution in [0.1, 0.15) is 122 Å². The van der Waals surface area contributed by atoms with Crippen LogP contribution >= 0.6 is 11.3 Å². The standard InChI is InChI=1S/C32H50N4S.2ClHO4/c1-21-17-23(29(3,4)5)35(24(18-21)30(6,7)8)16-15-27-33-34-28(37-27)36-25(31(9,10)11)19-22(2)20-26(36)32(12,13)14;2*2-1(3,4)5/h17-20H,15-16H2,1-14H3;2*(H,2,3,4,5)/q+2;;/p-2. The molecule has 0 saturated heterocycles. The van der Waals surface area contributed by atoms with Crippen LogP contribution in [0.25, 0.3) is 5.13 Å². The predicted octanol–water partition coefficient (Wildman–Crippen LogP) is -2.36. The van der Waals surface area contributed by atoms with Gasteiger partial charge in [0.2, 0.25) is 0 Å². The number of aryl methyl sites for hydroxylation is 3. The quantitative estimate of drug-likeness (QED) is 0.261. The summed E-state index contributed by atoms with van der Waals surface area (Å²) in [7, 11) is -9.89. The molecular weight excluding hydrogens is 671 g/mol. The van der Waals surface area contributed by atoms with Gasteiger partial charge in [-0.05, 0) is 53.5 Å². The Kier molecular flexibility index (Phi) is 14.1. The Morgan fingerprint density at radius 3 is 1.15 bits per heavy atom. The molecule has 0 bridgehead atoms. The SMILES string of the molecule is Cc1cc(C(C)(C)C)[n+](CCc2nnc(-[n+]3c(C(C)(C)C)cc(C)cc3C(C)(C)C)s2)c(C(C)(C)C)c1.[O-][Cl+3]([O-])([O-])[O-].[O-][Cl+3]([O-])([O-])[O-]. The van der Waals surface area contributed by atoms with Crippen molar-refractivity contribution in [3.63, 3.8) is 0 Å². The van der Waals surface area contributed by atoms with Crippen LogP contribution < -0.4 is 46.4 Å². The van der Waals surface area contributed by atoms with Gasteiger partial charge in [0, 0.05) is 33.8 Å². The first kappa shape index (κ1) is 43.1. The lowest BCUT2D eigenvalue weighted by Gasteiger charge is -2.26. The summed E-state index contributed by atoms with van der Waals surface area (Å²) in [4.78, 5) is 0. The maximum Gasteiger partial charge on any atom is 0.415 e. The summed E-state index contributed by atoms with van der Waals surface area (Å²) in [5.74, 6) is 0. The van der Waals surface area contributed by atoms with Crippen LogP contribution in [0.2, 0.25) is 0 Å². The van der Waals surface area contributed by atoms with Crippen molar-refractivity contribution in [2.24, 2.45) is 0 Å². The van der Waals surface area contributed by atoms with Crippen molar-refractivity contribution >= 4 is 11.3 Å². The fourth-order valence-electron chi connectivity index (χ4n) is 4.93. The predicted molar refractivity (Wildman–Crippen MR) is 156 cm³/mol. The number of nitrogens with zero attached hydrogens (tertiary/aromatic N) is 4. The van der Waals surface area contributed by atoms with Crippen molar-refractivity contribution in [3.05, 3.63) is 63.2 Å². The third-order valence-electron chi connectivity index (χ3n) is 6.79. The Morgan fingerprint density at radius 1 is 0.553 bits per heavy atom. The largest absolute Gasteiger partial charge is 0.415 e. The molecule has 0 saturated carbocycles. The van der Waals surface area contributed by atoms with E-state index in [4.69, 9.17) is 47.5 Å². The third-order valence-corrected chi connectivity index (χ3v) is 7.76. The summed E-state index contributed by atoms with van der Waals surface area (Å²) >= 11 is 1.73. The second-order valence-corrected chi connectivity index (χ2v) is 18.1. The first-order valence-electron chi connectivity index (χ1n) is 14.9. The zero-order chi connectivity index (χ0) is 37.1. The molecule has 47 heavy (non-hydrogen) atoms. The van der Waals surface area contributed by atoms with Crippen LogP contribution in [-0.2, 0) is 34.6 Å². The Bertz CT molecular complexity index is 1400. The average Bonchev–Trinajstić information content (AvgIpc) is 3.26. The molecule has 12 nitrogen and oxygen atoms in total. The van der Waals surface area contributed by atoms with Crippen LogP contribution in [0.4, 0.5) is 0 Å². The molecule has 0 aromatic carbocycles. The molecule has 0 atom stereocenters. The lowest BCUT2D eigenvalue weighted by Crippen LogP contribution is -2.68. The summed E-state index contributed by atoms with van der Waals surface area (Å²) in [5.41, 5.74) is 7.99. The monoisotopic (exact) mass is 720 g/mol. The minimum absolute atomic E-state index is 0.0151. The van der Waals surface area contributed by atoms with Crippen LogP contribution in [0.3, 0.4) is 0 Å². The van der Waals surface area contributed by atoms with Gasteiger partial charge < -0.3 is 0 Å². The maximum atomic E-state index is 8.49. The van der Waals surface area contributed by atoms with Crippen molar-refractivity contribution in [2.75, 3.05) is 0 Å². The Hall–Kier alpha value is -1.88. The molecule has 0 aliphatic heterocycles. The van der Waals surface area contributed by atoms with E-state index in [1.54, 1.807) is 11.3 Å². The van der Waals surface area contributed by atoms with E-state index in [9.17, 15) is 0 Å². The topological polar surface area (TPSA) is 218 Å². The normalized spacial score (nSPS) is 13.1. The van der Waals surface area contributed by atoms with Crippen molar-refractivity contribution in [3.8, 4) is 5.13 Å². The highest BCUT2D eigenvalue weighted by Crippen LogP contribution is 2.29. The highest BCUT2D eigenvalue weighted by atomic mass is 35.7. The van der Waals surface area contributed by atoms with Crippen LogP contribution in [0.15, 0.2) is 24.3 Å². The van der Waals surface area contributed by atoms with Gasteiger partial charge in [-0.1, -0.05) is 83.1 Å². The zero-order valence-electron chi connectivity index (χ0n) is 29.9. The second-order valence-electron chi connectivity index (χ2n) is 15.6. The van der Waals surface area contributed by atoms with Crippen LogP contribution in [-0.4, -0.2) is 10.2 Å². The number of hydrogen-bond acceptors (Lipinski definition) is 11. The van der Waals surface area contributed by atoms with Gasteiger partial charge in [-0.25, -0.2) is 37.3 Å². The fraction of sp³-hybridized carbons (Fsp3) is 0.625. The van der Waals surface area contributed by atoms with Gasteiger partial charge in [-0.3, -0.25) is 0 Å². The average molecular weight is 722 g/mol. The van der Waals surface area contributed by atoms with Gasteiger partial charge in [0.05, 0.1) is 11.5 Å². The van der Waals surface area contributed by atoms with Gasteiger partial charge >= 0.3 is 5.13 Å². The maximum absolute atomic E-state index is 8.49. The summed E-state index contributed by atoms with van der Waals surface area (Å²) in [6, 6.07) is 9.33. The Balaban J connectivity index is 0.000000961. The molecule has 0 unspecified atom stereocenters. The molecule has 0 aliphatic rings. The Labute approximate surface area is 287 Å². The Morgan fingerprint density at radius 2 is 0.851 bits per heavy atom. The minimum Gasteiger partial charge on any atom is -0.222 e. The molecule has 0 radical (unpaired) electrons. The lowest BCUT2D eigenvalue weighted by atomic mass is 9.85. The van der Waals surface area contributed by atoms with E-state index in [1.807, 2.05) is 0 Å². The van der Waals surface area contributed by atoms with Gasteiger partial charge in [0.15, 0.2) is 22.9 Å². The number of hydrogen-bond donors (Lipinski definition) is 0. The van der Waals surface area contributed by atoms with Crippen molar-refractivity contribution < 1.29 is 66.9 Å². The third kappa shape index (κ3) is 15.0. The van der Waals surface area contributed by atoms with E-state index in [1.165, 1.54) is 33.9 Å². The molecule has 0 fully saturated rings. The van der Waals surface area contributed by atoms with E-state index in [0.29, 0.717) is 0 Å². The van der Waals surface area contributed by atoms with Crippen LogP contribution in [0, 0.1) is 34.3 Å². The van der Waals surface area contributed by atoms with E-state index in [2.05, 4.69) is 130 Å². The minimum atomic E-state index is -4.94. The molecule has 15 heteroatoms. The summed E-state index contributed by atoms with van der Waals surface area (Å²) in [6.07, 6.45) is 0.861. The van der Waals surface area contributed by atoms with Crippen molar-refractivity contribution in [1.29, 1.82) is 0 Å². The van der Waals surface area contributed by atoms with E-state index >= 15 is 0 Å². The smallest absolute Gasteiger partial charge is 0.222 e. The van der Waals surface area contributed by atoms with E-state index in [0.717, 1.165) is 23.1 Å². The molecule has 3 heterocycles. The molecular formula is C32H50Cl2N4O8S. The number of pyridine rings is 2. The summed E-state index contributed by atoms with van der Waals surface area (Å²) in [5, 5.41) is 11.5. The van der Waals surface area contributed by atoms with E-state index in [-0.39, 0.29) is 21.7 Å². The molecule has 3 rings (SSSR count). The summed E-state index contributed by atoms with van der Waals surface area (Å²) < 4.78 is 72.8. The molecule has 0 aliphatic carbocycles. The highest BCUT2D eigenvalue weighted by Gasteiger charge is 2.36. The first-order chi connectivity index (χ1) is 20.7. The van der Waals surface area contributed by atoms with Gasteiger partial charge in [-0.15, -0.1) is 20.5 Å². The van der Waals surface area contributed by atoms with Crippen molar-refractivity contribution in [1.82, 2.24) is 10.2 Å². The van der Waals surface area contributed by atoms with Crippen LogP contribution in [0.5, 0.6) is 0 Å². The molecule has 0 spiro atoms. The van der Waals surface area contributed by atoms with Gasteiger partial charge in [0.25, 0.3) is 0 Å².